The van der Waals surface area contributed by atoms with Crippen molar-refractivity contribution in [3.63, 3.8) is 0 Å². The predicted molar refractivity (Wildman–Crippen MR) is 85.3 cm³/mol. The zero-order chi connectivity index (χ0) is 15.7. The van der Waals surface area contributed by atoms with Gasteiger partial charge >= 0.3 is 0 Å². The Morgan fingerprint density at radius 1 is 1.32 bits per heavy atom. The lowest BCUT2D eigenvalue weighted by molar-refractivity contribution is -0.140. The molecule has 0 N–H and O–H groups in total. The van der Waals surface area contributed by atoms with Gasteiger partial charge in [0, 0.05) is 38.0 Å². The highest BCUT2D eigenvalue weighted by molar-refractivity contribution is 7.14. The molecule has 0 unspecified atom stereocenters. The van der Waals surface area contributed by atoms with Gasteiger partial charge in [-0.05, 0) is 30.9 Å². The molecule has 120 valence electrons. The number of carbonyl (C=O) groups excluding carboxylic acids is 2. The van der Waals surface area contributed by atoms with Gasteiger partial charge in [0.2, 0.25) is 5.91 Å². The van der Waals surface area contributed by atoms with Crippen molar-refractivity contribution < 1.29 is 14.3 Å². The van der Waals surface area contributed by atoms with Gasteiger partial charge in [-0.3, -0.25) is 9.59 Å². The van der Waals surface area contributed by atoms with E-state index in [1.165, 1.54) is 10.4 Å². The summed E-state index contributed by atoms with van der Waals surface area (Å²) >= 11 is 1.58. The van der Waals surface area contributed by atoms with Crippen LogP contribution >= 0.6 is 11.3 Å². The molecular formula is C16H22N2O3S. The standard InChI is InChI=1S/C16H22N2O3S/c1-17(2)16(20)14-10-12-9-11(3-4-13(12)22-14)15(19)18-5-7-21-8-6-18/h10-11H,3-9H2,1-2H3/t11-/m0/s1. The lowest BCUT2D eigenvalue weighted by atomic mass is 9.87. The van der Waals surface area contributed by atoms with Crippen molar-refractivity contribution in [3.05, 3.63) is 21.4 Å². The van der Waals surface area contributed by atoms with E-state index in [9.17, 15) is 9.59 Å². The van der Waals surface area contributed by atoms with Gasteiger partial charge < -0.3 is 14.5 Å². The molecule has 0 aromatic carbocycles. The number of carbonyl (C=O) groups is 2. The third kappa shape index (κ3) is 3.03. The van der Waals surface area contributed by atoms with E-state index in [-0.39, 0.29) is 17.7 Å². The van der Waals surface area contributed by atoms with Crippen molar-refractivity contribution in [1.82, 2.24) is 9.80 Å². The third-order valence-electron chi connectivity index (χ3n) is 4.37. The quantitative estimate of drug-likeness (QED) is 0.827. The van der Waals surface area contributed by atoms with Gasteiger partial charge in [0.15, 0.2) is 0 Å². The van der Waals surface area contributed by atoms with Crippen LogP contribution < -0.4 is 0 Å². The number of hydrogen-bond acceptors (Lipinski definition) is 4. The first-order valence-corrected chi connectivity index (χ1v) is 8.57. The molecule has 1 aliphatic heterocycles. The number of amides is 2. The van der Waals surface area contributed by atoms with Crippen molar-refractivity contribution in [3.8, 4) is 0 Å². The molecule has 5 nitrogen and oxygen atoms in total. The second-order valence-corrected chi connectivity index (χ2v) is 7.27. The van der Waals surface area contributed by atoms with E-state index in [1.54, 1.807) is 30.3 Å². The normalized spacial score (nSPS) is 21.4. The molecule has 0 bridgehead atoms. The Balaban J connectivity index is 1.70. The minimum atomic E-state index is 0.0513. The molecule has 3 rings (SSSR count). The molecule has 1 aromatic heterocycles. The maximum Gasteiger partial charge on any atom is 0.263 e. The van der Waals surface area contributed by atoms with Gasteiger partial charge in [-0.25, -0.2) is 0 Å². The number of ether oxygens (including phenoxy) is 1. The van der Waals surface area contributed by atoms with E-state index in [4.69, 9.17) is 4.74 Å². The van der Waals surface area contributed by atoms with E-state index < -0.39 is 0 Å². The van der Waals surface area contributed by atoms with E-state index in [0.717, 1.165) is 24.1 Å². The van der Waals surface area contributed by atoms with Gasteiger partial charge in [-0.15, -0.1) is 11.3 Å². The lowest BCUT2D eigenvalue weighted by Gasteiger charge is -2.31. The zero-order valence-corrected chi connectivity index (χ0v) is 13.9. The van der Waals surface area contributed by atoms with E-state index in [0.29, 0.717) is 26.3 Å². The summed E-state index contributed by atoms with van der Waals surface area (Å²) in [6.07, 6.45) is 2.56. The molecule has 0 spiro atoms. The second-order valence-electron chi connectivity index (χ2n) is 6.14. The van der Waals surface area contributed by atoms with Crippen molar-refractivity contribution in [2.75, 3.05) is 40.4 Å². The number of morpholine rings is 1. The number of rotatable bonds is 2. The van der Waals surface area contributed by atoms with Gasteiger partial charge in [0.1, 0.15) is 0 Å². The Hall–Kier alpha value is -1.40. The molecule has 2 heterocycles. The van der Waals surface area contributed by atoms with Crippen molar-refractivity contribution >= 4 is 23.2 Å². The van der Waals surface area contributed by atoms with Crippen LogP contribution in [0, 0.1) is 5.92 Å². The summed E-state index contributed by atoms with van der Waals surface area (Å²) in [6, 6.07) is 1.99. The maximum atomic E-state index is 12.6. The first kappa shape index (κ1) is 15.5. The predicted octanol–water partition coefficient (Wildman–Crippen LogP) is 1.41. The molecule has 1 aromatic rings. The Kier molecular flexibility index (Phi) is 4.49. The minimum absolute atomic E-state index is 0.0513. The van der Waals surface area contributed by atoms with Crippen LogP contribution in [-0.2, 0) is 22.4 Å². The fourth-order valence-electron chi connectivity index (χ4n) is 3.10. The topological polar surface area (TPSA) is 49.9 Å². The molecule has 1 aliphatic carbocycles. The summed E-state index contributed by atoms with van der Waals surface area (Å²) in [5.41, 5.74) is 1.19. The average Bonchev–Trinajstić information content (AvgIpc) is 2.97. The summed E-state index contributed by atoms with van der Waals surface area (Å²) in [7, 11) is 3.54. The minimum Gasteiger partial charge on any atom is -0.378 e. The smallest absolute Gasteiger partial charge is 0.263 e. The largest absolute Gasteiger partial charge is 0.378 e. The molecule has 6 heteroatoms. The number of fused-ring (bicyclic) bond motifs is 1. The van der Waals surface area contributed by atoms with Crippen molar-refractivity contribution in [2.24, 2.45) is 5.92 Å². The zero-order valence-electron chi connectivity index (χ0n) is 13.1. The monoisotopic (exact) mass is 322 g/mol. The molecule has 22 heavy (non-hydrogen) atoms. The summed E-state index contributed by atoms with van der Waals surface area (Å²) in [6.45, 7) is 2.69. The van der Waals surface area contributed by atoms with Crippen LogP contribution in [-0.4, -0.2) is 62.0 Å². The molecule has 1 atom stereocenters. The Morgan fingerprint density at radius 3 is 2.73 bits per heavy atom. The summed E-state index contributed by atoms with van der Waals surface area (Å²) in [4.78, 5) is 30.3. The van der Waals surface area contributed by atoms with Gasteiger partial charge in [-0.2, -0.15) is 0 Å². The molecule has 0 radical (unpaired) electrons. The summed E-state index contributed by atoms with van der Waals surface area (Å²) < 4.78 is 5.31. The molecular weight excluding hydrogens is 300 g/mol. The molecule has 2 aliphatic rings. The van der Waals surface area contributed by atoms with E-state index in [1.807, 2.05) is 11.0 Å². The van der Waals surface area contributed by atoms with Crippen LogP contribution in [0.2, 0.25) is 0 Å². The van der Waals surface area contributed by atoms with Crippen LogP contribution in [0.5, 0.6) is 0 Å². The van der Waals surface area contributed by atoms with E-state index >= 15 is 0 Å². The number of aryl methyl sites for hydroxylation is 1. The van der Waals surface area contributed by atoms with Crippen LogP contribution in [0.4, 0.5) is 0 Å². The SMILES string of the molecule is CN(C)C(=O)c1cc2c(s1)CC[C@H](C(=O)N1CCOCC1)C2. The Morgan fingerprint density at radius 2 is 2.05 bits per heavy atom. The van der Waals surface area contributed by atoms with Gasteiger partial charge in [-0.1, -0.05) is 0 Å². The highest BCUT2D eigenvalue weighted by Crippen LogP contribution is 2.33. The van der Waals surface area contributed by atoms with E-state index in [2.05, 4.69) is 0 Å². The highest BCUT2D eigenvalue weighted by atomic mass is 32.1. The van der Waals surface area contributed by atoms with Crippen LogP contribution in [0.1, 0.15) is 26.5 Å². The van der Waals surface area contributed by atoms with Crippen molar-refractivity contribution in [1.29, 1.82) is 0 Å². The van der Waals surface area contributed by atoms with Crippen molar-refractivity contribution in [2.45, 2.75) is 19.3 Å². The molecule has 1 saturated heterocycles. The average molecular weight is 322 g/mol. The third-order valence-corrected chi connectivity index (χ3v) is 5.60. The summed E-state index contributed by atoms with van der Waals surface area (Å²) in [5.74, 6) is 0.360. The molecule has 2 amide bonds. The number of thiophene rings is 1. The molecule has 1 fully saturated rings. The maximum absolute atomic E-state index is 12.6. The second kappa shape index (κ2) is 6.38. The van der Waals surface area contributed by atoms with Crippen LogP contribution in [0.3, 0.4) is 0 Å². The number of hydrogen-bond donors (Lipinski definition) is 0. The first-order valence-electron chi connectivity index (χ1n) is 7.76. The van der Waals surface area contributed by atoms with Crippen LogP contribution in [0.25, 0.3) is 0 Å². The fraction of sp³-hybridized carbons (Fsp3) is 0.625. The Bertz CT molecular complexity index is 576. The molecule has 0 saturated carbocycles. The van der Waals surface area contributed by atoms with Gasteiger partial charge in [0.25, 0.3) is 5.91 Å². The Labute approximate surface area is 134 Å². The highest BCUT2D eigenvalue weighted by Gasteiger charge is 2.31. The summed E-state index contributed by atoms with van der Waals surface area (Å²) in [5, 5.41) is 0. The number of nitrogens with zero attached hydrogens (tertiary/aromatic N) is 2. The van der Waals surface area contributed by atoms with Gasteiger partial charge in [0.05, 0.1) is 18.1 Å². The lowest BCUT2D eigenvalue weighted by Crippen LogP contribution is -2.44. The van der Waals surface area contributed by atoms with Crippen LogP contribution in [0.15, 0.2) is 6.07 Å². The first-order chi connectivity index (χ1) is 10.6. The fourth-order valence-corrected chi connectivity index (χ4v) is 4.33.